The van der Waals surface area contributed by atoms with Crippen molar-refractivity contribution in [3.05, 3.63) is 54.9 Å². The number of aromatic amines is 1. The van der Waals surface area contributed by atoms with E-state index >= 15 is 0 Å². The maximum absolute atomic E-state index is 6.01. The summed E-state index contributed by atoms with van der Waals surface area (Å²) in [5, 5.41) is 0. The van der Waals surface area contributed by atoms with Crippen molar-refractivity contribution in [2.24, 2.45) is 5.73 Å². The molecule has 0 bridgehead atoms. The number of ether oxygens (including phenoxy) is 1. The Hall–Kier alpha value is -3.45. The van der Waals surface area contributed by atoms with E-state index in [0.717, 1.165) is 65.5 Å². The average molecular weight is 400 g/mol. The highest BCUT2D eigenvalue weighted by molar-refractivity contribution is 5.81. The lowest BCUT2D eigenvalue weighted by atomic mass is 10.1. The van der Waals surface area contributed by atoms with Gasteiger partial charge in [-0.15, -0.1) is 0 Å². The van der Waals surface area contributed by atoms with E-state index in [-0.39, 0.29) is 0 Å². The molecule has 1 saturated heterocycles. The zero-order chi connectivity index (χ0) is 20.5. The molecule has 3 N–H and O–H groups in total. The Kier molecular flexibility index (Phi) is 4.80. The number of hydrogen-bond donors (Lipinski definition) is 2. The molecule has 0 radical (unpaired) electrons. The predicted octanol–water partition coefficient (Wildman–Crippen LogP) is 3.62. The fourth-order valence-electron chi connectivity index (χ4n) is 3.84. The number of H-pyrrole nitrogens is 1. The van der Waals surface area contributed by atoms with E-state index in [1.807, 2.05) is 36.7 Å². The normalized spacial score (nSPS) is 14.9. The van der Waals surface area contributed by atoms with Crippen LogP contribution in [0.5, 0.6) is 5.75 Å². The predicted molar refractivity (Wildman–Crippen MR) is 119 cm³/mol. The van der Waals surface area contributed by atoms with Crippen LogP contribution in [0.3, 0.4) is 0 Å². The highest BCUT2D eigenvalue weighted by Crippen LogP contribution is 2.27. The van der Waals surface area contributed by atoms with E-state index in [9.17, 15) is 0 Å². The summed E-state index contributed by atoms with van der Waals surface area (Å²) in [5.74, 6) is 2.57. The molecule has 1 fully saturated rings. The second kappa shape index (κ2) is 7.76. The van der Waals surface area contributed by atoms with Gasteiger partial charge in [-0.2, -0.15) is 0 Å². The number of benzene rings is 1. The Labute approximate surface area is 174 Å². The van der Waals surface area contributed by atoms with Crippen molar-refractivity contribution < 1.29 is 4.74 Å². The van der Waals surface area contributed by atoms with Gasteiger partial charge in [-0.1, -0.05) is 12.1 Å². The quantitative estimate of drug-likeness (QED) is 0.543. The van der Waals surface area contributed by atoms with Gasteiger partial charge >= 0.3 is 0 Å². The molecule has 4 aromatic rings. The van der Waals surface area contributed by atoms with Gasteiger partial charge in [-0.3, -0.25) is 0 Å². The maximum atomic E-state index is 6.01. The van der Waals surface area contributed by atoms with Crippen LogP contribution < -0.4 is 15.4 Å². The molecule has 0 saturated carbocycles. The third-order valence-electron chi connectivity index (χ3n) is 5.63. The molecule has 1 aliphatic rings. The number of hydrogen-bond acceptors (Lipinski definition) is 6. The van der Waals surface area contributed by atoms with Crippen LogP contribution in [0.2, 0.25) is 0 Å². The van der Waals surface area contributed by atoms with Crippen LogP contribution in [0.1, 0.15) is 12.8 Å². The second-order valence-corrected chi connectivity index (χ2v) is 7.64. The van der Waals surface area contributed by atoms with Gasteiger partial charge in [0.15, 0.2) is 5.65 Å². The van der Waals surface area contributed by atoms with Crippen molar-refractivity contribution >= 4 is 17.0 Å². The van der Waals surface area contributed by atoms with Gasteiger partial charge in [0, 0.05) is 48.2 Å². The standard InChI is InChI=1S/C23H24N6O/c1-30-19-4-2-3-15(11-19)22-27-20-12-17(14-26-23(20)28-22)16-5-6-21(25-13-16)29-9-7-18(24)8-10-29/h2-6,11-14,18H,7-10,24H2,1H3,(H,26,27,28). The number of pyridine rings is 2. The van der Waals surface area contributed by atoms with Gasteiger partial charge in [0.25, 0.3) is 0 Å². The third kappa shape index (κ3) is 3.59. The lowest BCUT2D eigenvalue weighted by Gasteiger charge is -2.31. The van der Waals surface area contributed by atoms with E-state index in [0.29, 0.717) is 11.7 Å². The molecule has 1 aromatic carbocycles. The number of nitrogens with two attached hydrogens (primary N) is 1. The number of nitrogens with one attached hydrogen (secondary N) is 1. The largest absolute Gasteiger partial charge is 0.497 e. The zero-order valence-corrected chi connectivity index (χ0v) is 16.9. The molecule has 0 amide bonds. The number of methoxy groups -OCH3 is 1. The third-order valence-corrected chi connectivity index (χ3v) is 5.63. The molecule has 4 heterocycles. The Morgan fingerprint density at radius 1 is 1.00 bits per heavy atom. The molecule has 152 valence electrons. The fraction of sp³-hybridized carbons (Fsp3) is 0.261. The minimum Gasteiger partial charge on any atom is -0.497 e. The number of aromatic nitrogens is 4. The molecular weight excluding hydrogens is 376 g/mol. The number of anilines is 1. The first-order chi connectivity index (χ1) is 14.7. The molecule has 0 unspecified atom stereocenters. The maximum Gasteiger partial charge on any atom is 0.178 e. The second-order valence-electron chi connectivity index (χ2n) is 7.64. The van der Waals surface area contributed by atoms with E-state index in [4.69, 9.17) is 10.5 Å². The summed E-state index contributed by atoms with van der Waals surface area (Å²) in [7, 11) is 1.66. The summed E-state index contributed by atoms with van der Waals surface area (Å²) < 4.78 is 5.31. The van der Waals surface area contributed by atoms with Crippen LogP contribution in [0.25, 0.3) is 33.7 Å². The van der Waals surface area contributed by atoms with Gasteiger partial charge in [0.2, 0.25) is 0 Å². The van der Waals surface area contributed by atoms with Crippen molar-refractivity contribution in [2.45, 2.75) is 18.9 Å². The first kappa shape index (κ1) is 18.6. The summed E-state index contributed by atoms with van der Waals surface area (Å²) in [6, 6.07) is 14.4. The highest BCUT2D eigenvalue weighted by atomic mass is 16.5. The van der Waals surface area contributed by atoms with Gasteiger partial charge in [0.1, 0.15) is 17.4 Å². The van der Waals surface area contributed by atoms with Crippen LogP contribution >= 0.6 is 0 Å². The Morgan fingerprint density at radius 3 is 2.60 bits per heavy atom. The molecule has 3 aromatic heterocycles. The van der Waals surface area contributed by atoms with Crippen LogP contribution in [0, 0.1) is 0 Å². The molecule has 5 rings (SSSR count). The topological polar surface area (TPSA) is 93.0 Å². The smallest absolute Gasteiger partial charge is 0.178 e. The van der Waals surface area contributed by atoms with Crippen LogP contribution in [-0.2, 0) is 0 Å². The van der Waals surface area contributed by atoms with Crippen molar-refractivity contribution in [1.82, 2.24) is 19.9 Å². The molecule has 0 spiro atoms. The van der Waals surface area contributed by atoms with Gasteiger partial charge in [0.05, 0.1) is 12.6 Å². The lowest BCUT2D eigenvalue weighted by molar-refractivity contribution is 0.415. The number of rotatable bonds is 4. The van der Waals surface area contributed by atoms with Crippen LogP contribution in [0.4, 0.5) is 5.82 Å². The highest BCUT2D eigenvalue weighted by Gasteiger charge is 2.17. The number of piperidine rings is 1. The molecule has 0 aliphatic carbocycles. The van der Waals surface area contributed by atoms with Crippen molar-refractivity contribution in [3.8, 4) is 28.3 Å². The van der Waals surface area contributed by atoms with E-state index in [2.05, 4.69) is 43.0 Å². The fourth-order valence-corrected chi connectivity index (χ4v) is 3.84. The summed E-state index contributed by atoms with van der Waals surface area (Å²) in [6.07, 6.45) is 5.78. The summed E-state index contributed by atoms with van der Waals surface area (Å²) in [6.45, 7) is 1.92. The van der Waals surface area contributed by atoms with Crippen LogP contribution in [-0.4, -0.2) is 46.2 Å². The van der Waals surface area contributed by atoms with Crippen molar-refractivity contribution in [1.29, 1.82) is 0 Å². The van der Waals surface area contributed by atoms with Crippen molar-refractivity contribution in [3.63, 3.8) is 0 Å². The summed E-state index contributed by atoms with van der Waals surface area (Å²) in [5.41, 5.74) is 10.6. The number of nitrogens with zero attached hydrogens (tertiary/aromatic N) is 4. The van der Waals surface area contributed by atoms with Gasteiger partial charge in [-0.05, 0) is 43.2 Å². The van der Waals surface area contributed by atoms with E-state index in [1.54, 1.807) is 7.11 Å². The molecule has 7 nitrogen and oxygen atoms in total. The minimum absolute atomic E-state index is 0.314. The number of fused-ring (bicyclic) bond motifs is 1. The van der Waals surface area contributed by atoms with Gasteiger partial charge in [-0.25, -0.2) is 15.0 Å². The first-order valence-corrected chi connectivity index (χ1v) is 10.2. The Balaban J connectivity index is 1.41. The molecule has 0 atom stereocenters. The molecule has 30 heavy (non-hydrogen) atoms. The Morgan fingerprint density at radius 2 is 1.83 bits per heavy atom. The number of imidazole rings is 1. The van der Waals surface area contributed by atoms with Crippen LogP contribution in [0.15, 0.2) is 54.9 Å². The summed E-state index contributed by atoms with van der Waals surface area (Å²) >= 11 is 0. The average Bonchev–Trinajstić information content (AvgIpc) is 3.23. The Bertz CT molecular complexity index is 1160. The van der Waals surface area contributed by atoms with E-state index < -0.39 is 0 Å². The zero-order valence-electron chi connectivity index (χ0n) is 16.9. The first-order valence-electron chi connectivity index (χ1n) is 10.2. The van der Waals surface area contributed by atoms with Crippen molar-refractivity contribution in [2.75, 3.05) is 25.1 Å². The monoisotopic (exact) mass is 400 g/mol. The summed E-state index contributed by atoms with van der Waals surface area (Å²) in [4.78, 5) is 19.5. The minimum atomic E-state index is 0.314. The SMILES string of the molecule is COc1cccc(-c2nc3ncc(-c4ccc(N5CCC(N)CC5)nc4)cc3[nH]2)c1. The lowest BCUT2D eigenvalue weighted by Crippen LogP contribution is -2.40. The molecule has 1 aliphatic heterocycles. The molecule has 7 heteroatoms. The van der Waals surface area contributed by atoms with Gasteiger partial charge < -0.3 is 20.4 Å². The van der Waals surface area contributed by atoms with E-state index in [1.165, 1.54) is 0 Å². The molecular formula is C23H24N6O.